The lowest BCUT2D eigenvalue weighted by atomic mass is 9.94. The molecular formula is C61H48N4. The number of hydrogen-bond acceptors (Lipinski definition) is 2. The highest BCUT2D eigenvalue weighted by molar-refractivity contribution is 6.10. The van der Waals surface area contributed by atoms with Crippen molar-refractivity contribution in [1.82, 2.24) is 9.13 Å². The van der Waals surface area contributed by atoms with Crippen LogP contribution in [-0.4, -0.2) is 15.2 Å². The number of rotatable bonds is 9. The Balaban J connectivity index is 0.850. The van der Waals surface area contributed by atoms with Gasteiger partial charge in [-0.3, -0.25) is 0 Å². The monoisotopic (exact) mass is 836 g/mol. The molecule has 2 aromatic heterocycles. The van der Waals surface area contributed by atoms with E-state index in [1.165, 1.54) is 94.9 Å². The van der Waals surface area contributed by atoms with Crippen LogP contribution >= 0.6 is 0 Å². The number of para-hydroxylation sites is 6. The lowest BCUT2D eigenvalue weighted by Crippen LogP contribution is -2.30. The maximum atomic E-state index is 2.51. The Morgan fingerprint density at radius 2 is 1.05 bits per heavy atom. The number of hydrogen-bond donors (Lipinski definition) is 0. The fraction of sp³-hybridized carbons (Fsp3) is 0.0820. The van der Waals surface area contributed by atoms with E-state index in [9.17, 15) is 0 Å². The minimum atomic E-state index is 0.148. The van der Waals surface area contributed by atoms with Crippen LogP contribution < -0.4 is 9.80 Å². The van der Waals surface area contributed by atoms with Gasteiger partial charge in [0.15, 0.2) is 0 Å². The molecule has 0 spiro atoms. The van der Waals surface area contributed by atoms with Crippen molar-refractivity contribution >= 4 is 55.8 Å². The predicted octanol–water partition coefficient (Wildman–Crippen LogP) is 15.4. The van der Waals surface area contributed by atoms with Gasteiger partial charge in [0.25, 0.3) is 0 Å². The number of fused-ring (bicyclic) bond motifs is 6. The van der Waals surface area contributed by atoms with E-state index in [1.54, 1.807) is 0 Å². The molecule has 0 aliphatic heterocycles. The van der Waals surface area contributed by atoms with Crippen molar-refractivity contribution in [2.75, 3.05) is 9.80 Å². The van der Waals surface area contributed by atoms with Crippen molar-refractivity contribution in [3.05, 3.63) is 264 Å². The molecular weight excluding hydrogens is 789 g/mol. The van der Waals surface area contributed by atoms with Gasteiger partial charge in [-0.1, -0.05) is 146 Å². The standard InChI is InChI=1S/C61H48N4/c1-5-19-46(20-6-1)62(52-38-40-60-56(42-52)54-28-13-15-30-58(54)64(60)48-23-9-3-10-24-48)50-27-17-18-44(32-35-50)45-33-36-51(37-34-45)63(47-21-7-2-8-22-47)53-39-41-61-57(43-53)55-29-14-16-31-59(55)65(61)49-25-11-4-12-26-49/h1-16,18-36,39,41-43,51H,17,37-38,40H2. The summed E-state index contributed by atoms with van der Waals surface area (Å²) in [6.07, 6.45) is 22.7. The molecule has 0 bridgehead atoms. The molecule has 0 fully saturated rings. The average molecular weight is 837 g/mol. The lowest BCUT2D eigenvalue weighted by molar-refractivity contribution is 0.781. The van der Waals surface area contributed by atoms with E-state index in [1.807, 2.05) is 0 Å². The first kappa shape index (κ1) is 38.6. The van der Waals surface area contributed by atoms with Crippen LogP contribution in [0.2, 0.25) is 0 Å². The van der Waals surface area contributed by atoms with Crippen molar-refractivity contribution in [3.63, 3.8) is 0 Å². The first-order chi connectivity index (χ1) is 32.3. The number of benzene rings is 7. The highest BCUT2D eigenvalue weighted by Gasteiger charge is 2.27. The lowest BCUT2D eigenvalue weighted by Gasteiger charge is -2.33. The number of anilines is 3. The molecule has 0 amide bonds. The molecule has 0 saturated heterocycles. The summed E-state index contributed by atoms with van der Waals surface area (Å²) in [5.74, 6) is 0. The number of allylic oxidation sites excluding steroid dienone is 8. The van der Waals surface area contributed by atoms with Crippen LogP contribution in [0.1, 0.15) is 30.5 Å². The average Bonchev–Trinajstić information content (AvgIpc) is 3.76. The Bertz CT molecular complexity index is 3420. The molecule has 2 heterocycles. The second kappa shape index (κ2) is 16.6. The third-order valence-electron chi connectivity index (χ3n) is 13.3. The summed E-state index contributed by atoms with van der Waals surface area (Å²) < 4.78 is 4.85. The summed E-state index contributed by atoms with van der Waals surface area (Å²) in [7, 11) is 0. The molecule has 12 rings (SSSR count). The van der Waals surface area contributed by atoms with Crippen molar-refractivity contribution in [2.45, 2.75) is 31.7 Å². The Kier molecular flexibility index (Phi) is 9.83. The Morgan fingerprint density at radius 1 is 0.446 bits per heavy atom. The molecule has 1 atom stereocenters. The van der Waals surface area contributed by atoms with E-state index >= 15 is 0 Å². The Labute approximate surface area is 380 Å². The SMILES string of the molecule is C1=CC(N(C2=Cc3c(n(-c4ccccc4)c4ccccc34)CC2)c2ccccc2)=CCC=C1C1=CCC(N(c2ccccc2)c2ccc3c(c2)c2ccccc2n3-c2ccccc2)C=C1. The summed E-state index contributed by atoms with van der Waals surface area (Å²) in [4.78, 5) is 4.99. The summed E-state index contributed by atoms with van der Waals surface area (Å²) in [6, 6.07) is 68.0. The van der Waals surface area contributed by atoms with Gasteiger partial charge in [-0.05, 0) is 128 Å². The molecule has 4 heteroatoms. The van der Waals surface area contributed by atoms with Crippen LogP contribution in [0.15, 0.2) is 253 Å². The molecule has 7 aromatic carbocycles. The highest BCUT2D eigenvalue weighted by Crippen LogP contribution is 2.41. The fourth-order valence-electron chi connectivity index (χ4n) is 10.4. The summed E-state index contributed by atoms with van der Waals surface area (Å²) >= 11 is 0. The van der Waals surface area contributed by atoms with E-state index in [4.69, 9.17) is 0 Å². The maximum absolute atomic E-state index is 2.51. The Hall–Kier alpha value is -8.08. The normalized spacial score (nSPS) is 15.8. The predicted molar refractivity (Wildman–Crippen MR) is 273 cm³/mol. The molecule has 3 aliphatic rings. The third-order valence-corrected chi connectivity index (χ3v) is 13.3. The van der Waals surface area contributed by atoms with Crippen molar-refractivity contribution in [3.8, 4) is 11.4 Å². The molecule has 3 aliphatic carbocycles. The number of aromatic nitrogens is 2. The van der Waals surface area contributed by atoms with Gasteiger partial charge in [0.05, 0.1) is 22.6 Å². The fourth-order valence-corrected chi connectivity index (χ4v) is 10.4. The van der Waals surface area contributed by atoms with Crippen LogP contribution in [0, 0.1) is 0 Å². The van der Waals surface area contributed by atoms with Crippen LogP contribution in [0.4, 0.5) is 17.1 Å². The van der Waals surface area contributed by atoms with Gasteiger partial charge >= 0.3 is 0 Å². The highest BCUT2D eigenvalue weighted by atomic mass is 15.2. The van der Waals surface area contributed by atoms with Crippen LogP contribution in [0.3, 0.4) is 0 Å². The van der Waals surface area contributed by atoms with E-state index in [0.29, 0.717) is 0 Å². The number of nitrogens with zero attached hydrogens (tertiary/aromatic N) is 4. The summed E-state index contributed by atoms with van der Waals surface area (Å²) in [6.45, 7) is 0. The van der Waals surface area contributed by atoms with E-state index in [2.05, 4.69) is 256 Å². The molecule has 0 N–H and O–H groups in total. The van der Waals surface area contributed by atoms with E-state index < -0.39 is 0 Å². The van der Waals surface area contributed by atoms with Crippen molar-refractivity contribution in [1.29, 1.82) is 0 Å². The van der Waals surface area contributed by atoms with Gasteiger partial charge in [0.1, 0.15) is 0 Å². The Morgan fingerprint density at radius 3 is 1.75 bits per heavy atom. The molecule has 0 radical (unpaired) electrons. The van der Waals surface area contributed by atoms with Crippen molar-refractivity contribution in [2.24, 2.45) is 0 Å². The largest absolute Gasteiger partial charge is 0.334 e. The molecule has 9 aromatic rings. The topological polar surface area (TPSA) is 16.3 Å². The third kappa shape index (κ3) is 6.95. The van der Waals surface area contributed by atoms with Crippen LogP contribution in [0.25, 0.3) is 50.2 Å². The summed E-state index contributed by atoms with van der Waals surface area (Å²) in [5.41, 5.74) is 17.3. The van der Waals surface area contributed by atoms with Gasteiger partial charge in [-0.15, -0.1) is 0 Å². The van der Waals surface area contributed by atoms with Crippen LogP contribution in [0.5, 0.6) is 0 Å². The van der Waals surface area contributed by atoms with Crippen LogP contribution in [-0.2, 0) is 6.42 Å². The second-order valence-electron chi connectivity index (χ2n) is 17.1. The molecule has 0 saturated carbocycles. The van der Waals surface area contributed by atoms with E-state index in [-0.39, 0.29) is 6.04 Å². The summed E-state index contributed by atoms with van der Waals surface area (Å²) in [5, 5.41) is 3.81. The smallest absolute Gasteiger partial charge is 0.0560 e. The minimum Gasteiger partial charge on any atom is -0.334 e. The second-order valence-corrected chi connectivity index (χ2v) is 17.1. The molecule has 4 nitrogen and oxygen atoms in total. The maximum Gasteiger partial charge on any atom is 0.0560 e. The van der Waals surface area contributed by atoms with Gasteiger partial charge in [-0.25, -0.2) is 0 Å². The minimum absolute atomic E-state index is 0.148. The van der Waals surface area contributed by atoms with Crippen molar-refractivity contribution < 1.29 is 0 Å². The zero-order chi connectivity index (χ0) is 43.1. The van der Waals surface area contributed by atoms with Gasteiger partial charge in [0, 0.05) is 67.2 Å². The van der Waals surface area contributed by atoms with Gasteiger partial charge in [-0.2, -0.15) is 0 Å². The molecule has 65 heavy (non-hydrogen) atoms. The zero-order valence-corrected chi connectivity index (χ0v) is 36.2. The zero-order valence-electron chi connectivity index (χ0n) is 36.2. The quantitative estimate of drug-likeness (QED) is 0.144. The first-order valence-corrected chi connectivity index (χ1v) is 22.9. The molecule has 1 unspecified atom stereocenters. The van der Waals surface area contributed by atoms with Gasteiger partial charge in [0.2, 0.25) is 0 Å². The molecule has 312 valence electrons. The van der Waals surface area contributed by atoms with Gasteiger partial charge < -0.3 is 18.9 Å². The van der Waals surface area contributed by atoms with E-state index in [0.717, 1.165) is 25.7 Å². The first-order valence-electron chi connectivity index (χ1n) is 22.9.